The lowest BCUT2D eigenvalue weighted by molar-refractivity contribution is -0.152. The molecule has 5 nitrogen and oxygen atoms in total. The quantitative estimate of drug-likeness (QED) is 0.525. The van der Waals surface area contributed by atoms with Crippen LogP contribution in [0.5, 0.6) is 0 Å². The first-order valence-corrected chi connectivity index (χ1v) is 13.0. The monoisotopic (exact) mass is 389 g/mol. The first-order chi connectivity index (χ1) is 11.0. The summed E-state index contributed by atoms with van der Waals surface area (Å²) in [4.78, 5) is 25.4. The van der Waals surface area contributed by atoms with Crippen molar-refractivity contribution in [2.45, 2.75) is 57.6 Å². The van der Waals surface area contributed by atoms with Gasteiger partial charge in [-0.05, 0) is 30.3 Å². The molecule has 0 bridgehead atoms. The van der Waals surface area contributed by atoms with Gasteiger partial charge in [-0.2, -0.15) is 0 Å². The molecule has 2 atom stereocenters. The molecule has 24 heavy (non-hydrogen) atoms. The van der Waals surface area contributed by atoms with Gasteiger partial charge in [0.1, 0.15) is 0 Å². The van der Waals surface area contributed by atoms with Gasteiger partial charge in [0.15, 0.2) is 14.0 Å². The zero-order chi connectivity index (χ0) is 18.3. The minimum atomic E-state index is -1.81. The van der Waals surface area contributed by atoms with Crippen molar-refractivity contribution in [3.05, 3.63) is 9.93 Å². The van der Waals surface area contributed by atoms with Gasteiger partial charge >= 0.3 is 5.97 Å². The van der Waals surface area contributed by atoms with Crippen LogP contribution in [0.15, 0.2) is 9.93 Å². The Labute approximate surface area is 153 Å². The summed E-state index contributed by atoms with van der Waals surface area (Å²) < 4.78 is 6.93. The molecule has 0 radical (unpaired) electrons. The molecule has 0 unspecified atom stereocenters. The number of rotatable bonds is 7. The van der Waals surface area contributed by atoms with Crippen LogP contribution in [0.3, 0.4) is 0 Å². The molecule has 0 aromatic heterocycles. The van der Waals surface area contributed by atoms with E-state index in [1.54, 1.807) is 0 Å². The number of β-lactam (4-membered cyclic amide) rings is 1. The molecule has 0 aliphatic carbocycles. The molecular weight excluding hydrogens is 362 g/mol. The number of aliphatic carboxylic acids is 1. The van der Waals surface area contributed by atoms with Crippen molar-refractivity contribution in [2.75, 3.05) is 12.4 Å². The van der Waals surface area contributed by atoms with E-state index < -0.39 is 14.3 Å². The summed E-state index contributed by atoms with van der Waals surface area (Å²) in [5.74, 6) is -0.419. The van der Waals surface area contributed by atoms with Crippen LogP contribution in [-0.4, -0.2) is 47.9 Å². The third-order valence-corrected chi connectivity index (χ3v) is 12.1. The average Bonchev–Trinajstić information content (AvgIpc) is 2.78. The average molecular weight is 390 g/mol. The number of thioether (sulfide) groups is 2. The highest BCUT2D eigenvalue weighted by atomic mass is 32.2. The van der Waals surface area contributed by atoms with Crippen LogP contribution in [0.1, 0.15) is 34.1 Å². The number of carbonyl (C=O) groups excluding carboxylic acids is 1. The molecule has 136 valence electrons. The zero-order valence-corrected chi connectivity index (χ0v) is 17.8. The van der Waals surface area contributed by atoms with Gasteiger partial charge in [-0.15, -0.1) is 11.8 Å². The Morgan fingerprint density at radius 1 is 1.42 bits per heavy atom. The van der Waals surface area contributed by atoms with Gasteiger partial charge in [0.25, 0.3) is 0 Å². The molecule has 0 saturated carbocycles. The third kappa shape index (κ3) is 3.56. The Bertz CT molecular complexity index is 571. The number of amides is 1. The Kier molecular flexibility index (Phi) is 5.84. The predicted octanol–water partition coefficient (Wildman–Crippen LogP) is 3.94. The number of carboxylic acids is 1. The maximum atomic E-state index is 12.4. The zero-order valence-electron chi connectivity index (χ0n) is 15.2. The Balaban J connectivity index is 1.96. The number of nitrogens with zero attached hydrogens (tertiary/aromatic N) is 1. The van der Waals surface area contributed by atoms with Crippen molar-refractivity contribution in [2.24, 2.45) is 5.92 Å². The highest BCUT2D eigenvalue weighted by Crippen LogP contribution is 2.53. The molecule has 0 spiro atoms. The summed E-state index contributed by atoms with van der Waals surface area (Å²) in [5.41, 5.74) is 0.170. The summed E-state index contributed by atoms with van der Waals surface area (Å²) in [6, 6.07) is 0. The number of hydrogen-bond acceptors (Lipinski definition) is 5. The van der Waals surface area contributed by atoms with Crippen LogP contribution >= 0.6 is 23.5 Å². The lowest BCUT2D eigenvalue weighted by Crippen LogP contribution is -2.57. The first-order valence-electron chi connectivity index (χ1n) is 8.25. The van der Waals surface area contributed by atoms with Crippen molar-refractivity contribution in [3.63, 3.8) is 0 Å². The molecule has 2 rings (SSSR count). The van der Waals surface area contributed by atoms with E-state index in [0.717, 1.165) is 9.99 Å². The summed E-state index contributed by atoms with van der Waals surface area (Å²) >= 11 is 3.02. The van der Waals surface area contributed by atoms with E-state index in [1.165, 1.54) is 28.4 Å². The maximum Gasteiger partial charge on any atom is 0.354 e. The van der Waals surface area contributed by atoms with Crippen molar-refractivity contribution in [1.82, 2.24) is 4.90 Å². The minimum absolute atomic E-state index is 0.0688. The van der Waals surface area contributed by atoms with Gasteiger partial charge in [0.2, 0.25) is 5.91 Å². The molecule has 0 aromatic carbocycles. The smallest absolute Gasteiger partial charge is 0.354 e. The fourth-order valence-electron chi connectivity index (χ4n) is 2.51. The standard InChI is InChI=1S/C16H27NO4S2Si/c1-7-22-15-11(14(19)20)17-12(18)10(13(17)23-15)8-9-21-24(5,6)16(2,3)4/h10,13H,7-9H2,1-6H3,(H,19,20)/t10-,13+/m0/s1. The van der Waals surface area contributed by atoms with Gasteiger partial charge in [0, 0.05) is 6.61 Å². The summed E-state index contributed by atoms with van der Waals surface area (Å²) in [6.45, 7) is 13.5. The van der Waals surface area contributed by atoms with E-state index in [4.69, 9.17) is 4.43 Å². The van der Waals surface area contributed by atoms with Gasteiger partial charge in [0.05, 0.1) is 15.5 Å². The molecule has 1 amide bonds. The predicted molar refractivity (Wildman–Crippen MR) is 102 cm³/mol. The molecule has 8 heteroatoms. The van der Waals surface area contributed by atoms with Crippen molar-refractivity contribution < 1.29 is 19.1 Å². The van der Waals surface area contributed by atoms with E-state index >= 15 is 0 Å². The fourth-order valence-corrected chi connectivity index (χ4v) is 6.32. The minimum Gasteiger partial charge on any atom is -0.477 e. The summed E-state index contributed by atoms with van der Waals surface area (Å²) in [5, 5.41) is 9.49. The largest absolute Gasteiger partial charge is 0.477 e. The number of hydrogen-bond donors (Lipinski definition) is 1. The molecule has 2 aliphatic heterocycles. The second-order valence-electron chi connectivity index (χ2n) is 7.59. The second kappa shape index (κ2) is 7.05. The second-order valence-corrected chi connectivity index (χ2v) is 15.1. The van der Waals surface area contributed by atoms with Crippen LogP contribution in [-0.2, 0) is 14.0 Å². The maximum absolute atomic E-state index is 12.4. The van der Waals surface area contributed by atoms with Crippen molar-refractivity contribution in [1.29, 1.82) is 0 Å². The lowest BCUT2D eigenvalue weighted by atomic mass is 9.94. The Morgan fingerprint density at radius 3 is 2.54 bits per heavy atom. The van der Waals surface area contributed by atoms with E-state index in [1.807, 2.05) is 6.92 Å². The number of fused-ring (bicyclic) bond motifs is 1. The van der Waals surface area contributed by atoms with E-state index in [-0.39, 0.29) is 27.9 Å². The highest BCUT2D eigenvalue weighted by Gasteiger charge is 2.55. The SMILES string of the molecule is CCSC1=C(C(=O)O)N2C(=O)[C@H](CCO[Si](C)(C)C(C)(C)C)[C@H]2S1. The van der Waals surface area contributed by atoms with Crippen LogP contribution in [0.4, 0.5) is 0 Å². The summed E-state index contributed by atoms with van der Waals surface area (Å²) in [7, 11) is -1.81. The number of carboxylic acid groups (broad SMARTS) is 1. The van der Waals surface area contributed by atoms with Crippen LogP contribution < -0.4 is 0 Å². The lowest BCUT2D eigenvalue weighted by Gasteiger charge is -2.43. The normalized spacial score (nSPS) is 24.2. The van der Waals surface area contributed by atoms with E-state index in [9.17, 15) is 14.7 Å². The van der Waals surface area contributed by atoms with Gasteiger partial charge in [-0.25, -0.2) is 4.79 Å². The van der Waals surface area contributed by atoms with Crippen LogP contribution in [0, 0.1) is 5.92 Å². The molecule has 1 fully saturated rings. The fraction of sp³-hybridized carbons (Fsp3) is 0.750. The first kappa shape index (κ1) is 19.9. The molecule has 2 aliphatic rings. The Morgan fingerprint density at radius 2 is 2.04 bits per heavy atom. The van der Waals surface area contributed by atoms with Gasteiger partial charge < -0.3 is 9.53 Å². The highest BCUT2D eigenvalue weighted by molar-refractivity contribution is 8.22. The Hall–Kier alpha value is -0.443. The van der Waals surface area contributed by atoms with Crippen LogP contribution in [0.2, 0.25) is 18.1 Å². The molecule has 1 saturated heterocycles. The molecule has 2 heterocycles. The molecular formula is C16H27NO4S2Si. The van der Waals surface area contributed by atoms with Crippen molar-refractivity contribution in [3.8, 4) is 0 Å². The number of carbonyl (C=O) groups is 2. The molecule has 1 N–H and O–H groups in total. The third-order valence-electron chi connectivity index (χ3n) is 4.99. The van der Waals surface area contributed by atoms with Crippen LogP contribution in [0.25, 0.3) is 0 Å². The van der Waals surface area contributed by atoms with E-state index in [0.29, 0.717) is 13.0 Å². The van der Waals surface area contributed by atoms with E-state index in [2.05, 4.69) is 33.9 Å². The van der Waals surface area contributed by atoms with Gasteiger partial charge in [-0.3, -0.25) is 9.69 Å². The topological polar surface area (TPSA) is 66.8 Å². The van der Waals surface area contributed by atoms with Gasteiger partial charge in [-0.1, -0.05) is 39.5 Å². The molecule has 0 aromatic rings. The summed E-state index contributed by atoms with van der Waals surface area (Å²) in [6.07, 6.45) is 0.663. The van der Waals surface area contributed by atoms with Crippen molar-refractivity contribution >= 4 is 43.7 Å².